The molecule has 0 unspecified atom stereocenters. The molecular weight excluding hydrogens is 224 g/mol. The molecule has 0 bridgehead atoms. The molecule has 0 aromatic heterocycles. The molecule has 2 aliphatic rings. The third kappa shape index (κ3) is 5.00. The highest BCUT2D eigenvalue weighted by molar-refractivity contribution is 5.85. The predicted octanol–water partition coefficient (Wildman–Crippen LogP) is 1.51. The van der Waals surface area contributed by atoms with Gasteiger partial charge in [0.15, 0.2) is 0 Å². The molecular formula is C12H25ClN2O. The van der Waals surface area contributed by atoms with E-state index in [1.165, 1.54) is 38.8 Å². The Morgan fingerprint density at radius 3 is 2.31 bits per heavy atom. The number of ether oxygens (including phenoxy) is 1. The Bertz CT molecular complexity index is 180. The van der Waals surface area contributed by atoms with Gasteiger partial charge >= 0.3 is 0 Å². The van der Waals surface area contributed by atoms with Crippen molar-refractivity contribution in [3.63, 3.8) is 0 Å². The summed E-state index contributed by atoms with van der Waals surface area (Å²) in [6, 6.07) is 0. The molecule has 1 aliphatic carbocycles. The van der Waals surface area contributed by atoms with Crippen molar-refractivity contribution in [2.24, 2.45) is 17.6 Å². The summed E-state index contributed by atoms with van der Waals surface area (Å²) >= 11 is 0. The Morgan fingerprint density at radius 1 is 1.06 bits per heavy atom. The first-order valence-corrected chi connectivity index (χ1v) is 6.38. The van der Waals surface area contributed by atoms with E-state index in [-0.39, 0.29) is 12.4 Å². The van der Waals surface area contributed by atoms with Crippen LogP contribution >= 0.6 is 12.4 Å². The number of hydrogen-bond acceptors (Lipinski definition) is 3. The molecule has 0 radical (unpaired) electrons. The topological polar surface area (TPSA) is 38.5 Å². The highest BCUT2D eigenvalue weighted by Crippen LogP contribution is 2.28. The van der Waals surface area contributed by atoms with Crippen molar-refractivity contribution in [1.82, 2.24) is 4.90 Å². The lowest BCUT2D eigenvalue weighted by Gasteiger charge is -2.31. The van der Waals surface area contributed by atoms with E-state index >= 15 is 0 Å². The first kappa shape index (κ1) is 14.2. The Hall–Kier alpha value is 0.170. The van der Waals surface area contributed by atoms with Gasteiger partial charge in [-0.3, -0.25) is 0 Å². The summed E-state index contributed by atoms with van der Waals surface area (Å²) in [6.07, 6.45) is 5.34. The molecule has 1 saturated carbocycles. The maximum atomic E-state index is 5.67. The normalized spacial score (nSPS) is 23.1. The largest absolute Gasteiger partial charge is 0.380 e. The third-order valence-corrected chi connectivity index (χ3v) is 3.64. The Morgan fingerprint density at radius 2 is 1.75 bits per heavy atom. The van der Waals surface area contributed by atoms with Crippen molar-refractivity contribution >= 4 is 12.4 Å². The smallest absolute Gasteiger partial charge is 0.0593 e. The Kier molecular flexibility index (Phi) is 6.66. The number of nitrogens with two attached hydrogens (primary N) is 1. The van der Waals surface area contributed by atoms with Crippen LogP contribution in [0.3, 0.4) is 0 Å². The second-order valence-electron chi connectivity index (χ2n) is 5.04. The fourth-order valence-electron chi connectivity index (χ4n) is 2.17. The van der Waals surface area contributed by atoms with Crippen LogP contribution in [0.4, 0.5) is 0 Å². The van der Waals surface area contributed by atoms with Crippen LogP contribution < -0.4 is 5.73 Å². The lowest BCUT2D eigenvalue weighted by molar-refractivity contribution is 0.0833. The van der Waals surface area contributed by atoms with Gasteiger partial charge in [0.2, 0.25) is 0 Å². The molecule has 1 heterocycles. The van der Waals surface area contributed by atoms with Gasteiger partial charge in [0.05, 0.1) is 6.61 Å². The SMILES string of the molecule is Cl.NCC1CCN(CCOCC2CC2)CC1. The molecule has 0 aromatic carbocycles. The van der Waals surface area contributed by atoms with Crippen LogP contribution in [0, 0.1) is 11.8 Å². The van der Waals surface area contributed by atoms with E-state index in [1.807, 2.05) is 0 Å². The molecule has 2 N–H and O–H groups in total. The van der Waals surface area contributed by atoms with Crippen LogP contribution in [0.1, 0.15) is 25.7 Å². The van der Waals surface area contributed by atoms with Crippen LogP contribution in [-0.4, -0.2) is 44.3 Å². The van der Waals surface area contributed by atoms with E-state index < -0.39 is 0 Å². The number of rotatable bonds is 6. The van der Waals surface area contributed by atoms with Gasteiger partial charge in [-0.1, -0.05) is 0 Å². The molecule has 3 nitrogen and oxygen atoms in total. The van der Waals surface area contributed by atoms with Crippen molar-refractivity contribution in [3.05, 3.63) is 0 Å². The molecule has 1 saturated heterocycles. The lowest BCUT2D eigenvalue weighted by Crippen LogP contribution is -2.37. The zero-order valence-corrected chi connectivity index (χ0v) is 10.9. The van der Waals surface area contributed by atoms with Crippen molar-refractivity contribution in [3.8, 4) is 0 Å². The second-order valence-corrected chi connectivity index (χ2v) is 5.04. The van der Waals surface area contributed by atoms with Crippen molar-refractivity contribution in [2.45, 2.75) is 25.7 Å². The Labute approximate surface area is 105 Å². The first-order valence-electron chi connectivity index (χ1n) is 6.38. The van der Waals surface area contributed by atoms with E-state index in [9.17, 15) is 0 Å². The zero-order chi connectivity index (χ0) is 10.5. The zero-order valence-electron chi connectivity index (χ0n) is 10.1. The van der Waals surface area contributed by atoms with Crippen LogP contribution in [0.25, 0.3) is 0 Å². The predicted molar refractivity (Wildman–Crippen MR) is 69.0 cm³/mol. The summed E-state index contributed by atoms with van der Waals surface area (Å²) < 4.78 is 5.65. The molecule has 0 spiro atoms. The van der Waals surface area contributed by atoms with E-state index in [1.54, 1.807) is 0 Å². The van der Waals surface area contributed by atoms with Crippen LogP contribution in [0.15, 0.2) is 0 Å². The van der Waals surface area contributed by atoms with E-state index in [4.69, 9.17) is 10.5 Å². The lowest BCUT2D eigenvalue weighted by atomic mass is 9.97. The number of likely N-dealkylation sites (tertiary alicyclic amines) is 1. The first-order chi connectivity index (χ1) is 7.38. The third-order valence-electron chi connectivity index (χ3n) is 3.64. The highest BCUT2D eigenvalue weighted by atomic mass is 35.5. The molecule has 2 fully saturated rings. The fourth-order valence-corrected chi connectivity index (χ4v) is 2.17. The Balaban J connectivity index is 0.00000128. The monoisotopic (exact) mass is 248 g/mol. The van der Waals surface area contributed by atoms with Crippen LogP contribution in [0.2, 0.25) is 0 Å². The van der Waals surface area contributed by atoms with Crippen LogP contribution in [0.5, 0.6) is 0 Å². The van der Waals surface area contributed by atoms with Crippen molar-refractivity contribution in [1.29, 1.82) is 0 Å². The summed E-state index contributed by atoms with van der Waals surface area (Å²) in [5, 5.41) is 0. The summed E-state index contributed by atoms with van der Waals surface area (Å²) in [5.74, 6) is 1.67. The number of halogens is 1. The fraction of sp³-hybridized carbons (Fsp3) is 1.00. The van der Waals surface area contributed by atoms with Gasteiger partial charge in [-0.05, 0) is 57.2 Å². The van der Waals surface area contributed by atoms with Gasteiger partial charge < -0.3 is 15.4 Å². The molecule has 1 aliphatic heterocycles. The number of hydrogen-bond donors (Lipinski definition) is 1. The van der Waals surface area contributed by atoms with E-state index in [2.05, 4.69) is 4.90 Å². The minimum Gasteiger partial charge on any atom is -0.380 e. The van der Waals surface area contributed by atoms with Gasteiger partial charge in [-0.15, -0.1) is 12.4 Å². The molecule has 96 valence electrons. The van der Waals surface area contributed by atoms with E-state index in [0.717, 1.165) is 38.1 Å². The number of piperidine rings is 1. The quantitative estimate of drug-likeness (QED) is 0.725. The molecule has 16 heavy (non-hydrogen) atoms. The maximum absolute atomic E-state index is 5.67. The second kappa shape index (κ2) is 7.49. The number of nitrogens with zero attached hydrogens (tertiary/aromatic N) is 1. The van der Waals surface area contributed by atoms with Crippen molar-refractivity contribution in [2.75, 3.05) is 39.4 Å². The van der Waals surface area contributed by atoms with Gasteiger partial charge in [-0.2, -0.15) is 0 Å². The highest BCUT2D eigenvalue weighted by Gasteiger charge is 2.21. The maximum Gasteiger partial charge on any atom is 0.0593 e. The molecule has 4 heteroatoms. The molecule has 0 atom stereocenters. The van der Waals surface area contributed by atoms with Gasteiger partial charge in [0.1, 0.15) is 0 Å². The average Bonchev–Trinajstić information content (AvgIpc) is 3.09. The van der Waals surface area contributed by atoms with Crippen LogP contribution in [-0.2, 0) is 4.74 Å². The van der Waals surface area contributed by atoms with Crippen molar-refractivity contribution < 1.29 is 4.74 Å². The summed E-state index contributed by atoms with van der Waals surface area (Å²) in [6.45, 7) is 6.34. The minimum absolute atomic E-state index is 0. The summed E-state index contributed by atoms with van der Waals surface area (Å²) in [4.78, 5) is 2.51. The van der Waals surface area contributed by atoms with Gasteiger partial charge in [0.25, 0.3) is 0 Å². The molecule has 0 aromatic rings. The summed E-state index contributed by atoms with van der Waals surface area (Å²) in [7, 11) is 0. The molecule has 2 rings (SSSR count). The summed E-state index contributed by atoms with van der Waals surface area (Å²) in [5.41, 5.74) is 5.67. The molecule has 0 amide bonds. The minimum atomic E-state index is 0. The standard InChI is InChI=1S/C12H24N2O.ClH/c13-9-11-3-5-14(6-4-11)7-8-15-10-12-1-2-12;/h11-12H,1-10,13H2;1H. The average molecular weight is 249 g/mol. The van der Waals surface area contributed by atoms with Gasteiger partial charge in [-0.25, -0.2) is 0 Å². The van der Waals surface area contributed by atoms with Gasteiger partial charge in [0, 0.05) is 13.2 Å². The van der Waals surface area contributed by atoms with E-state index in [0.29, 0.717) is 0 Å².